The van der Waals surface area contributed by atoms with Crippen LogP contribution in [-0.4, -0.2) is 45.3 Å². The zero-order valence-corrected chi connectivity index (χ0v) is 23.7. The molecule has 6 nitrogen and oxygen atoms in total. The minimum atomic E-state index is -3.82. The molecule has 6 rings (SSSR count). The van der Waals surface area contributed by atoms with Gasteiger partial charge in [0.15, 0.2) is 9.84 Å². The fourth-order valence-corrected chi connectivity index (χ4v) is 9.40. The highest BCUT2D eigenvalue weighted by molar-refractivity contribution is 7.92. The van der Waals surface area contributed by atoms with Crippen molar-refractivity contribution in [3.63, 3.8) is 0 Å². The molecule has 0 N–H and O–H groups in total. The van der Waals surface area contributed by atoms with E-state index in [1.807, 2.05) is 84.9 Å². The lowest BCUT2D eigenvalue weighted by Gasteiger charge is -2.41. The van der Waals surface area contributed by atoms with E-state index >= 15 is 0 Å². The fraction of sp³-hybridized carbons (Fsp3) is 0.250. The molecule has 0 unspecified atom stereocenters. The molecule has 1 heterocycles. The first kappa shape index (κ1) is 26.9. The van der Waals surface area contributed by atoms with Gasteiger partial charge < -0.3 is 4.74 Å². The maximum Gasteiger partial charge on any atom is 0.245 e. The molecule has 8 heteroatoms. The SMILES string of the molecule is O=S(=O)(c1ccc(-c2ccccc2)cc1)C1CCC2(CC1)OCCN2S(=O)(=O)c1ccc(-c2ccccc2)cc1. The molecule has 0 bridgehead atoms. The van der Waals surface area contributed by atoms with Crippen molar-refractivity contribution in [3.05, 3.63) is 109 Å². The van der Waals surface area contributed by atoms with Crippen molar-refractivity contribution in [2.45, 2.75) is 46.4 Å². The van der Waals surface area contributed by atoms with Crippen LogP contribution in [-0.2, 0) is 24.6 Å². The van der Waals surface area contributed by atoms with E-state index in [9.17, 15) is 16.8 Å². The number of rotatable bonds is 6. The molecule has 1 saturated heterocycles. The Bertz CT molecular complexity index is 1680. The Morgan fingerprint density at radius 3 is 1.55 bits per heavy atom. The minimum absolute atomic E-state index is 0.213. The second-order valence-electron chi connectivity index (χ2n) is 10.4. The second-order valence-corrected chi connectivity index (χ2v) is 14.5. The van der Waals surface area contributed by atoms with E-state index in [4.69, 9.17) is 4.74 Å². The molecule has 0 aromatic heterocycles. The predicted molar refractivity (Wildman–Crippen MR) is 156 cm³/mol. The van der Waals surface area contributed by atoms with Crippen molar-refractivity contribution in [2.75, 3.05) is 13.2 Å². The summed E-state index contributed by atoms with van der Waals surface area (Å²) >= 11 is 0. The Morgan fingerprint density at radius 1 is 0.600 bits per heavy atom. The van der Waals surface area contributed by atoms with E-state index in [1.165, 1.54) is 4.31 Å². The van der Waals surface area contributed by atoms with Crippen molar-refractivity contribution in [3.8, 4) is 22.3 Å². The molecule has 206 valence electrons. The van der Waals surface area contributed by atoms with Gasteiger partial charge in [0.2, 0.25) is 10.0 Å². The van der Waals surface area contributed by atoms with Gasteiger partial charge >= 0.3 is 0 Å². The van der Waals surface area contributed by atoms with Gasteiger partial charge in [-0.15, -0.1) is 0 Å². The van der Waals surface area contributed by atoms with Gasteiger partial charge in [0.25, 0.3) is 0 Å². The Kier molecular flexibility index (Phi) is 7.12. The Labute approximate surface area is 236 Å². The van der Waals surface area contributed by atoms with E-state index < -0.39 is 30.8 Å². The summed E-state index contributed by atoms with van der Waals surface area (Å²) in [5, 5.41) is -0.584. The van der Waals surface area contributed by atoms with Crippen molar-refractivity contribution < 1.29 is 21.6 Å². The molecular weight excluding hydrogens is 542 g/mol. The van der Waals surface area contributed by atoms with Gasteiger partial charge in [-0.2, -0.15) is 4.31 Å². The van der Waals surface area contributed by atoms with Crippen molar-refractivity contribution in [1.29, 1.82) is 0 Å². The number of hydrogen-bond acceptors (Lipinski definition) is 5. The monoisotopic (exact) mass is 573 g/mol. The van der Waals surface area contributed by atoms with Crippen LogP contribution in [0.1, 0.15) is 25.7 Å². The van der Waals surface area contributed by atoms with Gasteiger partial charge in [0.1, 0.15) is 5.72 Å². The van der Waals surface area contributed by atoms with Gasteiger partial charge in [-0.25, -0.2) is 16.8 Å². The van der Waals surface area contributed by atoms with Crippen LogP contribution in [0.15, 0.2) is 119 Å². The summed E-state index contributed by atoms with van der Waals surface area (Å²) in [5.74, 6) is 0. The number of sulfone groups is 1. The maximum absolute atomic E-state index is 13.7. The first-order chi connectivity index (χ1) is 19.3. The van der Waals surface area contributed by atoms with Crippen LogP contribution in [0.3, 0.4) is 0 Å². The average molecular weight is 574 g/mol. The molecule has 1 aliphatic heterocycles. The second kappa shape index (κ2) is 10.6. The molecule has 0 amide bonds. The van der Waals surface area contributed by atoms with Crippen LogP contribution >= 0.6 is 0 Å². The summed E-state index contributed by atoms with van der Waals surface area (Å²) in [4.78, 5) is 0.508. The van der Waals surface area contributed by atoms with Gasteiger partial charge in [-0.05, 0) is 72.2 Å². The quantitative estimate of drug-likeness (QED) is 0.276. The third kappa shape index (κ3) is 4.90. The lowest BCUT2D eigenvalue weighted by atomic mass is 9.91. The summed E-state index contributed by atoms with van der Waals surface area (Å²) in [6.45, 7) is 0.542. The first-order valence-corrected chi connectivity index (χ1v) is 16.5. The molecule has 0 atom stereocenters. The average Bonchev–Trinajstić information content (AvgIpc) is 3.42. The summed E-state index contributed by atoms with van der Waals surface area (Å²) in [7, 11) is -7.39. The highest BCUT2D eigenvalue weighted by atomic mass is 32.2. The standard InChI is InChI=1S/C32H31NO5S2/c34-39(35,29-15-11-27(12-16-29)25-7-3-1-4-8-25)30-19-21-32(22-20-30)33(23-24-38-32)40(36,37)31-17-13-28(14-18-31)26-9-5-2-6-10-26/h1-18,30H,19-24H2. The fourth-order valence-electron chi connectivity index (χ4n) is 5.92. The molecule has 1 spiro atoms. The largest absolute Gasteiger partial charge is 0.358 e. The Balaban J connectivity index is 1.18. The lowest BCUT2D eigenvalue weighted by molar-refractivity contribution is -0.0748. The van der Waals surface area contributed by atoms with Gasteiger partial charge in [0.05, 0.1) is 21.6 Å². The molecule has 1 saturated carbocycles. The highest BCUT2D eigenvalue weighted by Crippen LogP contribution is 2.43. The minimum Gasteiger partial charge on any atom is -0.358 e. The zero-order chi connectivity index (χ0) is 27.8. The zero-order valence-electron chi connectivity index (χ0n) is 22.0. The number of ether oxygens (including phenoxy) is 1. The molecule has 40 heavy (non-hydrogen) atoms. The maximum atomic E-state index is 13.7. The van der Waals surface area contributed by atoms with Crippen LogP contribution in [0.5, 0.6) is 0 Å². The van der Waals surface area contributed by atoms with Gasteiger partial charge in [-0.3, -0.25) is 0 Å². The number of benzene rings is 4. The summed E-state index contributed by atoms with van der Waals surface area (Å²) in [5.41, 5.74) is 2.93. The molecule has 1 aliphatic carbocycles. The van der Waals surface area contributed by atoms with Crippen molar-refractivity contribution >= 4 is 19.9 Å². The molecule has 2 fully saturated rings. The molecule has 4 aromatic carbocycles. The van der Waals surface area contributed by atoms with E-state index in [0.717, 1.165) is 22.3 Å². The third-order valence-corrected chi connectivity index (χ3v) is 12.4. The summed E-state index contributed by atoms with van der Waals surface area (Å²) < 4.78 is 62.0. The number of sulfonamides is 1. The predicted octanol–water partition coefficient (Wildman–Crippen LogP) is 6.15. The molecular formula is C32H31NO5S2. The third-order valence-electron chi connectivity index (χ3n) is 8.11. The van der Waals surface area contributed by atoms with E-state index in [2.05, 4.69) is 0 Å². The Morgan fingerprint density at radius 2 is 1.05 bits per heavy atom. The lowest BCUT2D eigenvalue weighted by Crippen LogP contribution is -2.51. The van der Waals surface area contributed by atoms with Crippen molar-refractivity contribution in [2.24, 2.45) is 0 Å². The summed E-state index contributed by atoms with van der Waals surface area (Å²) in [6, 6.07) is 33.6. The Hall–Kier alpha value is -3.30. The highest BCUT2D eigenvalue weighted by Gasteiger charge is 2.52. The van der Waals surface area contributed by atoms with Crippen LogP contribution in [0.2, 0.25) is 0 Å². The molecule has 2 aliphatic rings. The molecule has 0 radical (unpaired) electrons. The van der Waals surface area contributed by atoms with Gasteiger partial charge in [0, 0.05) is 6.54 Å². The van der Waals surface area contributed by atoms with Crippen LogP contribution in [0, 0.1) is 0 Å². The number of nitrogens with zero attached hydrogens (tertiary/aromatic N) is 1. The smallest absolute Gasteiger partial charge is 0.245 e. The van der Waals surface area contributed by atoms with Crippen molar-refractivity contribution in [1.82, 2.24) is 4.31 Å². The number of hydrogen-bond donors (Lipinski definition) is 0. The molecule has 4 aromatic rings. The van der Waals surface area contributed by atoms with Crippen LogP contribution < -0.4 is 0 Å². The van der Waals surface area contributed by atoms with Crippen LogP contribution in [0.25, 0.3) is 22.3 Å². The normalized spacial score (nSPS) is 21.9. The van der Waals surface area contributed by atoms with Crippen LogP contribution in [0.4, 0.5) is 0 Å². The van der Waals surface area contributed by atoms with E-state index in [-0.39, 0.29) is 11.4 Å². The topological polar surface area (TPSA) is 80.8 Å². The van der Waals surface area contributed by atoms with E-state index in [0.29, 0.717) is 37.2 Å². The summed E-state index contributed by atoms with van der Waals surface area (Å²) in [6.07, 6.45) is 1.34. The first-order valence-electron chi connectivity index (χ1n) is 13.5. The van der Waals surface area contributed by atoms with Gasteiger partial charge in [-0.1, -0.05) is 84.9 Å². The van der Waals surface area contributed by atoms with E-state index in [1.54, 1.807) is 24.3 Å².